The van der Waals surface area contributed by atoms with Gasteiger partial charge in [0.15, 0.2) is 0 Å². The van der Waals surface area contributed by atoms with E-state index in [4.69, 9.17) is 17.3 Å². The molecule has 0 bridgehead atoms. The van der Waals surface area contributed by atoms with Gasteiger partial charge in [-0.15, -0.1) is 0 Å². The van der Waals surface area contributed by atoms with Crippen molar-refractivity contribution in [3.63, 3.8) is 0 Å². The van der Waals surface area contributed by atoms with E-state index in [-0.39, 0.29) is 10.8 Å². The Hall–Kier alpha value is -1.65. The van der Waals surface area contributed by atoms with Crippen LogP contribution in [0.25, 0.3) is 0 Å². The fourth-order valence-corrected chi connectivity index (χ4v) is 1.71. The fraction of sp³-hybridized carbons (Fsp3) is 0.0833. The Bertz CT molecular complexity index is 548. The molecule has 0 amide bonds. The van der Waals surface area contributed by atoms with Crippen LogP contribution in [0.1, 0.15) is 17.2 Å². The number of aliphatic hydroxyl groups excluding tert-OH is 1. The van der Waals surface area contributed by atoms with E-state index in [9.17, 15) is 9.50 Å². The minimum atomic E-state index is -0.971. The number of hydrogen-bond acceptors (Lipinski definition) is 3. The molecule has 2 rings (SSSR count). The van der Waals surface area contributed by atoms with Crippen LogP contribution >= 0.6 is 11.6 Å². The van der Waals surface area contributed by atoms with Crippen molar-refractivity contribution in [2.75, 3.05) is 5.73 Å². The van der Waals surface area contributed by atoms with E-state index in [1.807, 2.05) is 0 Å². The molecular formula is C12H10ClFN2O. The highest BCUT2D eigenvalue weighted by Gasteiger charge is 2.15. The lowest BCUT2D eigenvalue weighted by molar-refractivity contribution is 0.220. The molecule has 17 heavy (non-hydrogen) atoms. The average Bonchev–Trinajstić information content (AvgIpc) is 2.32. The van der Waals surface area contributed by atoms with Crippen LogP contribution in [0, 0.1) is 5.82 Å². The Morgan fingerprint density at radius 1 is 1.35 bits per heavy atom. The highest BCUT2D eigenvalue weighted by atomic mass is 35.5. The number of rotatable bonds is 2. The number of hydrogen-bond donors (Lipinski definition) is 2. The summed E-state index contributed by atoms with van der Waals surface area (Å²) in [6.07, 6.45) is 0.560. The van der Waals surface area contributed by atoms with E-state index < -0.39 is 11.9 Å². The summed E-state index contributed by atoms with van der Waals surface area (Å²) in [6, 6.07) is 7.35. The van der Waals surface area contributed by atoms with Crippen LogP contribution in [0.5, 0.6) is 0 Å². The second kappa shape index (κ2) is 4.69. The Morgan fingerprint density at radius 3 is 2.76 bits per heavy atom. The number of benzene rings is 1. The zero-order chi connectivity index (χ0) is 12.4. The van der Waals surface area contributed by atoms with Crippen LogP contribution in [0.15, 0.2) is 36.5 Å². The number of aromatic nitrogens is 1. The smallest absolute Gasteiger partial charge is 0.141 e. The van der Waals surface area contributed by atoms with E-state index in [1.54, 1.807) is 12.1 Å². The summed E-state index contributed by atoms with van der Waals surface area (Å²) in [6.45, 7) is 0. The first-order chi connectivity index (χ1) is 8.09. The second-order valence-electron chi connectivity index (χ2n) is 3.55. The zero-order valence-corrected chi connectivity index (χ0v) is 9.53. The third kappa shape index (κ3) is 2.38. The molecule has 5 heteroatoms. The van der Waals surface area contributed by atoms with E-state index in [2.05, 4.69) is 4.98 Å². The fourth-order valence-electron chi connectivity index (χ4n) is 1.52. The third-order valence-electron chi connectivity index (χ3n) is 2.43. The molecule has 88 valence electrons. The predicted octanol–water partition coefficient (Wildman–Crippen LogP) is 2.54. The summed E-state index contributed by atoms with van der Waals surface area (Å²) in [5.41, 5.74) is 6.58. The van der Waals surface area contributed by atoms with Crippen molar-refractivity contribution >= 4 is 17.4 Å². The summed E-state index contributed by atoms with van der Waals surface area (Å²) in [5, 5.41) is 10.0. The molecule has 1 atom stereocenters. The lowest BCUT2D eigenvalue weighted by Crippen LogP contribution is -2.05. The molecule has 0 radical (unpaired) electrons. The highest BCUT2D eigenvalue weighted by molar-refractivity contribution is 6.30. The van der Waals surface area contributed by atoms with Gasteiger partial charge in [0, 0.05) is 11.8 Å². The van der Waals surface area contributed by atoms with E-state index in [1.165, 1.54) is 24.4 Å². The maximum atomic E-state index is 13.0. The van der Waals surface area contributed by atoms with Gasteiger partial charge >= 0.3 is 0 Å². The van der Waals surface area contributed by atoms with Gasteiger partial charge in [0.25, 0.3) is 0 Å². The summed E-state index contributed by atoms with van der Waals surface area (Å²) in [5.74, 6) is -0.290. The predicted molar refractivity (Wildman–Crippen MR) is 64.1 cm³/mol. The van der Waals surface area contributed by atoms with Crippen molar-refractivity contribution < 1.29 is 9.50 Å². The highest BCUT2D eigenvalue weighted by Crippen LogP contribution is 2.27. The Kier molecular flexibility index (Phi) is 3.26. The number of nitrogen functional groups attached to an aromatic ring is 1. The summed E-state index contributed by atoms with van der Waals surface area (Å²) in [7, 11) is 0. The quantitative estimate of drug-likeness (QED) is 0.864. The number of halogens is 2. The van der Waals surface area contributed by atoms with Gasteiger partial charge in [-0.1, -0.05) is 23.7 Å². The molecule has 1 heterocycles. The Labute approximate surface area is 103 Å². The van der Waals surface area contributed by atoms with Gasteiger partial charge in [0.1, 0.15) is 17.7 Å². The van der Waals surface area contributed by atoms with Crippen LogP contribution in [-0.2, 0) is 0 Å². The van der Waals surface area contributed by atoms with Crippen molar-refractivity contribution in [2.24, 2.45) is 0 Å². The van der Waals surface area contributed by atoms with Crippen molar-refractivity contribution in [3.8, 4) is 0 Å². The molecule has 2 aromatic rings. The Balaban J connectivity index is 2.40. The van der Waals surface area contributed by atoms with E-state index in [0.29, 0.717) is 11.1 Å². The van der Waals surface area contributed by atoms with Crippen LogP contribution in [-0.4, -0.2) is 10.1 Å². The second-order valence-corrected chi connectivity index (χ2v) is 3.96. The van der Waals surface area contributed by atoms with Gasteiger partial charge in [-0.2, -0.15) is 0 Å². The van der Waals surface area contributed by atoms with Gasteiger partial charge in [0.2, 0.25) is 0 Å². The van der Waals surface area contributed by atoms with Crippen molar-refractivity contribution in [3.05, 3.63) is 58.5 Å². The van der Waals surface area contributed by atoms with Crippen LogP contribution in [0.3, 0.4) is 0 Å². The molecule has 0 aliphatic rings. The number of aliphatic hydroxyl groups is 1. The summed E-state index contributed by atoms with van der Waals surface area (Å²) in [4.78, 5) is 3.88. The number of pyridine rings is 1. The summed E-state index contributed by atoms with van der Waals surface area (Å²) >= 11 is 5.65. The van der Waals surface area contributed by atoms with Gasteiger partial charge in [0.05, 0.1) is 5.02 Å². The van der Waals surface area contributed by atoms with Crippen LogP contribution in [0.2, 0.25) is 5.02 Å². The topological polar surface area (TPSA) is 59.1 Å². The van der Waals surface area contributed by atoms with Crippen molar-refractivity contribution in [1.29, 1.82) is 0 Å². The van der Waals surface area contributed by atoms with Gasteiger partial charge in [-0.25, -0.2) is 9.37 Å². The van der Waals surface area contributed by atoms with Crippen LogP contribution in [0.4, 0.5) is 10.2 Å². The maximum Gasteiger partial charge on any atom is 0.141 e. The first-order valence-corrected chi connectivity index (χ1v) is 5.31. The normalized spacial score (nSPS) is 12.4. The van der Waals surface area contributed by atoms with Crippen molar-refractivity contribution in [1.82, 2.24) is 4.98 Å². The molecule has 0 aliphatic carbocycles. The minimum Gasteiger partial charge on any atom is -0.384 e. The van der Waals surface area contributed by atoms with E-state index in [0.717, 1.165) is 0 Å². The first-order valence-electron chi connectivity index (χ1n) is 4.93. The lowest BCUT2D eigenvalue weighted by atomic mass is 10.0. The number of anilines is 1. The lowest BCUT2D eigenvalue weighted by Gasteiger charge is -2.13. The largest absolute Gasteiger partial charge is 0.384 e. The molecule has 0 saturated carbocycles. The van der Waals surface area contributed by atoms with Crippen molar-refractivity contribution in [2.45, 2.75) is 6.10 Å². The standard InChI is InChI=1S/C12H10ClFN2O/c13-9-6-7(3-4-10(9)14)11(17)8-2-1-5-16-12(8)15/h1-6,11,17H,(H2,15,16). The molecular weight excluding hydrogens is 243 g/mol. The minimum absolute atomic E-state index is 0.0380. The molecule has 0 spiro atoms. The Morgan fingerprint density at radius 2 is 2.12 bits per heavy atom. The SMILES string of the molecule is Nc1ncccc1C(O)c1ccc(F)c(Cl)c1. The number of nitrogens with two attached hydrogens (primary N) is 1. The molecule has 0 aliphatic heterocycles. The zero-order valence-electron chi connectivity index (χ0n) is 8.77. The molecule has 3 nitrogen and oxygen atoms in total. The first kappa shape index (κ1) is 11.8. The average molecular weight is 253 g/mol. The van der Waals surface area contributed by atoms with Gasteiger partial charge in [-0.05, 0) is 23.8 Å². The molecule has 0 fully saturated rings. The molecule has 3 N–H and O–H groups in total. The van der Waals surface area contributed by atoms with Gasteiger partial charge < -0.3 is 10.8 Å². The monoisotopic (exact) mass is 252 g/mol. The maximum absolute atomic E-state index is 13.0. The third-order valence-corrected chi connectivity index (χ3v) is 2.71. The summed E-state index contributed by atoms with van der Waals surface area (Å²) < 4.78 is 13.0. The van der Waals surface area contributed by atoms with Gasteiger partial charge in [-0.3, -0.25) is 0 Å². The van der Waals surface area contributed by atoms with Crippen LogP contribution < -0.4 is 5.73 Å². The molecule has 0 saturated heterocycles. The number of nitrogens with zero attached hydrogens (tertiary/aromatic N) is 1. The van der Waals surface area contributed by atoms with E-state index >= 15 is 0 Å². The molecule has 1 unspecified atom stereocenters. The molecule has 1 aromatic heterocycles. The molecule has 1 aromatic carbocycles.